The number of nitro benzene ring substituents is 1. The summed E-state index contributed by atoms with van der Waals surface area (Å²) in [6.45, 7) is 0.548. The fourth-order valence-electron chi connectivity index (χ4n) is 2.32. The predicted octanol–water partition coefficient (Wildman–Crippen LogP) is 2.82. The number of carbonyl (C=O) groups excluding carboxylic acids is 2. The van der Waals surface area contributed by atoms with Crippen molar-refractivity contribution < 1.29 is 27.7 Å². The number of rotatable bonds is 9. The van der Waals surface area contributed by atoms with Crippen LogP contribution in [0.3, 0.4) is 0 Å². The summed E-state index contributed by atoms with van der Waals surface area (Å²) in [6.07, 6.45) is 0.409. The molecule has 0 aliphatic rings. The largest absolute Gasteiger partial charge is 0.452 e. The van der Waals surface area contributed by atoms with Gasteiger partial charge in [-0.1, -0.05) is 17.7 Å². The monoisotopic (exact) mass is 487 g/mol. The van der Waals surface area contributed by atoms with E-state index in [1.807, 2.05) is 4.72 Å². The number of anilines is 1. The molecule has 1 amide bonds. The number of ether oxygens (including phenoxy) is 1. The summed E-state index contributed by atoms with van der Waals surface area (Å²) in [4.78, 5) is 34.4. The van der Waals surface area contributed by atoms with Gasteiger partial charge in [0.25, 0.3) is 11.6 Å². The van der Waals surface area contributed by atoms with Crippen LogP contribution in [0, 0.1) is 10.1 Å². The van der Waals surface area contributed by atoms with Gasteiger partial charge < -0.3 is 10.1 Å². The topological polar surface area (TPSA) is 145 Å². The molecule has 13 heteroatoms. The first-order chi connectivity index (χ1) is 14.5. The molecular formula is C18H18ClN3O7S2. The van der Waals surface area contributed by atoms with E-state index in [-0.39, 0.29) is 10.6 Å². The number of nitro groups is 1. The molecular weight excluding hydrogens is 470 g/mol. The molecule has 0 radical (unpaired) electrons. The molecule has 2 aromatic rings. The zero-order valence-electron chi connectivity index (χ0n) is 16.3. The highest BCUT2D eigenvalue weighted by Gasteiger charge is 2.23. The average Bonchev–Trinajstić information content (AvgIpc) is 2.71. The summed E-state index contributed by atoms with van der Waals surface area (Å²) in [5, 5.41) is 14.0. The van der Waals surface area contributed by atoms with Crippen molar-refractivity contribution in [3.05, 3.63) is 57.6 Å². The Kier molecular flexibility index (Phi) is 8.39. The van der Waals surface area contributed by atoms with Crippen LogP contribution in [-0.4, -0.2) is 44.1 Å². The molecule has 0 bridgehead atoms. The average molecular weight is 488 g/mol. The SMILES string of the molecule is CSc1ccc(S(=O)(=O)NCC(=O)O[C@@H](C)C(=O)Nc2cccc(Cl)c2)cc1[N+](=O)[O-]. The predicted molar refractivity (Wildman–Crippen MR) is 116 cm³/mol. The van der Waals surface area contributed by atoms with Crippen molar-refractivity contribution in [2.75, 3.05) is 18.1 Å². The smallest absolute Gasteiger partial charge is 0.321 e. The van der Waals surface area contributed by atoms with E-state index >= 15 is 0 Å². The first-order valence-corrected chi connectivity index (χ1v) is 11.7. The molecule has 0 saturated heterocycles. The van der Waals surface area contributed by atoms with E-state index in [9.17, 15) is 28.1 Å². The van der Waals surface area contributed by atoms with Crippen LogP contribution in [0.25, 0.3) is 0 Å². The minimum atomic E-state index is -4.23. The lowest BCUT2D eigenvalue weighted by atomic mass is 10.3. The highest BCUT2D eigenvalue weighted by molar-refractivity contribution is 7.98. The molecule has 0 spiro atoms. The van der Waals surface area contributed by atoms with Crippen LogP contribution in [0.1, 0.15) is 6.92 Å². The maximum Gasteiger partial charge on any atom is 0.321 e. The highest BCUT2D eigenvalue weighted by atomic mass is 35.5. The number of hydrogen-bond acceptors (Lipinski definition) is 8. The molecule has 0 aliphatic carbocycles. The summed E-state index contributed by atoms with van der Waals surface area (Å²) in [7, 11) is -4.23. The Labute approximate surface area is 187 Å². The molecule has 0 aromatic heterocycles. The second kappa shape index (κ2) is 10.6. The number of nitrogens with one attached hydrogen (secondary N) is 2. The number of nitrogens with zero attached hydrogens (tertiary/aromatic N) is 1. The number of esters is 1. The van der Waals surface area contributed by atoms with Gasteiger partial charge in [-0.15, -0.1) is 11.8 Å². The third-order valence-electron chi connectivity index (χ3n) is 3.83. The molecule has 166 valence electrons. The normalized spacial score (nSPS) is 12.1. The first-order valence-electron chi connectivity index (χ1n) is 8.61. The van der Waals surface area contributed by atoms with Crippen LogP contribution < -0.4 is 10.0 Å². The Morgan fingerprint density at radius 2 is 1.97 bits per heavy atom. The van der Waals surface area contributed by atoms with Gasteiger partial charge >= 0.3 is 5.97 Å². The van der Waals surface area contributed by atoms with Gasteiger partial charge in [0.2, 0.25) is 10.0 Å². The molecule has 0 fully saturated rings. The van der Waals surface area contributed by atoms with Crippen LogP contribution in [-0.2, 0) is 24.3 Å². The van der Waals surface area contributed by atoms with Crippen molar-refractivity contribution in [1.82, 2.24) is 4.72 Å². The summed E-state index contributed by atoms with van der Waals surface area (Å²) >= 11 is 6.93. The zero-order valence-corrected chi connectivity index (χ0v) is 18.7. The Morgan fingerprint density at radius 1 is 1.26 bits per heavy atom. The molecule has 0 saturated carbocycles. The third-order valence-corrected chi connectivity index (χ3v) is 6.25. The minimum absolute atomic E-state index is 0.294. The van der Waals surface area contributed by atoms with Crippen molar-refractivity contribution in [3.63, 3.8) is 0 Å². The molecule has 0 unspecified atom stereocenters. The van der Waals surface area contributed by atoms with E-state index in [1.165, 1.54) is 25.1 Å². The van der Waals surface area contributed by atoms with Crippen LogP contribution in [0.4, 0.5) is 11.4 Å². The number of amides is 1. The number of sulfonamides is 1. The number of benzene rings is 2. The third kappa shape index (κ3) is 6.92. The molecule has 2 N–H and O–H groups in total. The first kappa shape index (κ1) is 24.6. The maximum atomic E-state index is 12.4. The lowest BCUT2D eigenvalue weighted by Crippen LogP contribution is -2.35. The van der Waals surface area contributed by atoms with E-state index in [0.717, 1.165) is 17.8 Å². The molecule has 1 atom stereocenters. The number of hydrogen-bond donors (Lipinski definition) is 2. The van der Waals surface area contributed by atoms with Gasteiger partial charge in [0, 0.05) is 16.8 Å². The van der Waals surface area contributed by atoms with Crippen LogP contribution in [0.5, 0.6) is 0 Å². The summed E-state index contributed by atoms with van der Waals surface area (Å²) in [6, 6.07) is 9.74. The fraction of sp³-hybridized carbons (Fsp3) is 0.222. The van der Waals surface area contributed by atoms with Gasteiger partial charge in [-0.05, 0) is 43.5 Å². The quantitative estimate of drug-likeness (QED) is 0.238. The van der Waals surface area contributed by atoms with Gasteiger partial charge in [0.15, 0.2) is 6.10 Å². The van der Waals surface area contributed by atoms with Crippen molar-refractivity contribution in [1.29, 1.82) is 0 Å². The van der Waals surface area contributed by atoms with Crippen molar-refractivity contribution >= 4 is 56.6 Å². The Hall–Kier alpha value is -2.67. The van der Waals surface area contributed by atoms with Gasteiger partial charge in [-0.25, -0.2) is 8.42 Å². The molecule has 0 heterocycles. The van der Waals surface area contributed by atoms with E-state index in [2.05, 4.69) is 5.32 Å². The Balaban J connectivity index is 1.97. The van der Waals surface area contributed by atoms with Gasteiger partial charge in [0.1, 0.15) is 6.54 Å². The standard InChI is InChI=1S/C18H18ClN3O7S2/c1-11(18(24)21-13-5-3-4-12(19)8-13)29-17(23)10-20-31(27,28)14-6-7-16(30-2)15(9-14)22(25)26/h3-9,11,20H,10H2,1-2H3,(H,21,24)/t11-/m0/s1. The van der Waals surface area contributed by atoms with Crippen LogP contribution >= 0.6 is 23.4 Å². The Bertz CT molecular complexity index is 1110. The molecule has 31 heavy (non-hydrogen) atoms. The van der Waals surface area contributed by atoms with E-state index in [4.69, 9.17) is 16.3 Å². The second-order valence-electron chi connectivity index (χ2n) is 6.05. The zero-order chi connectivity index (χ0) is 23.2. The summed E-state index contributed by atoms with van der Waals surface area (Å²) in [5.41, 5.74) is 0.0284. The highest BCUT2D eigenvalue weighted by Crippen LogP contribution is 2.29. The van der Waals surface area contributed by atoms with Crippen LogP contribution in [0.15, 0.2) is 52.3 Å². The maximum absolute atomic E-state index is 12.4. The molecule has 0 aliphatic heterocycles. The lowest BCUT2D eigenvalue weighted by molar-refractivity contribution is -0.388. The summed E-state index contributed by atoms with van der Waals surface area (Å²) in [5.74, 6) is -1.64. The number of halogens is 1. The molecule has 10 nitrogen and oxygen atoms in total. The van der Waals surface area contributed by atoms with Crippen molar-refractivity contribution in [2.24, 2.45) is 0 Å². The van der Waals surface area contributed by atoms with Gasteiger partial charge in [-0.3, -0.25) is 19.7 Å². The number of carbonyl (C=O) groups is 2. The van der Waals surface area contributed by atoms with Crippen molar-refractivity contribution in [2.45, 2.75) is 22.8 Å². The van der Waals surface area contributed by atoms with Crippen molar-refractivity contribution in [3.8, 4) is 0 Å². The van der Waals surface area contributed by atoms with E-state index in [0.29, 0.717) is 15.6 Å². The Morgan fingerprint density at radius 3 is 2.58 bits per heavy atom. The van der Waals surface area contributed by atoms with Gasteiger partial charge in [0.05, 0.1) is 14.7 Å². The number of thioether (sulfide) groups is 1. The minimum Gasteiger partial charge on any atom is -0.452 e. The van der Waals surface area contributed by atoms with Gasteiger partial charge in [-0.2, -0.15) is 4.72 Å². The van der Waals surface area contributed by atoms with Crippen LogP contribution in [0.2, 0.25) is 5.02 Å². The van der Waals surface area contributed by atoms with E-state index < -0.39 is 39.5 Å². The molecule has 2 rings (SSSR count). The lowest BCUT2D eigenvalue weighted by Gasteiger charge is -2.14. The molecule has 2 aromatic carbocycles. The fourth-order valence-corrected chi connectivity index (χ4v) is 4.04. The summed E-state index contributed by atoms with van der Waals surface area (Å²) < 4.78 is 31.6. The second-order valence-corrected chi connectivity index (χ2v) is 9.10. The van der Waals surface area contributed by atoms with E-state index in [1.54, 1.807) is 24.5 Å².